The summed E-state index contributed by atoms with van der Waals surface area (Å²) in [6.45, 7) is 5.68. The number of urea groups is 1. The molecule has 0 saturated heterocycles. The summed E-state index contributed by atoms with van der Waals surface area (Å²) in [5.41, 5.74) is 2.02. The lowest BCUT2D eigenvalue weighted by Crippen LogP contribution is -2.52. The number of anilines is 2. The number of carbonyl (C=O) groups excluding carboxylic acids is 2. The highest BCUT2D eigenvalue weighted by atomic mass is 19.1. The number of hydrogen-bond acceptors (Lipinski definition) is 3. The van der Waals surface area contributed by atoms with Crippen molar-refractivity contribution in [2.45, 2.75) is 52.0 Å². The molecule has 0 aromatic heterocycles. The molecule has 0 heterocycles. The normalized spacial score (nSPS) is 14.7. The van der Waals surface area contributed by atoms with Crippen LogP contribution in [-0.4, -0.2) is 28.6 Å². The average Bonchev–Trinajstić information content (AvgIpc) is 3.14. The lowest BCUT2D eigenvalue weighted by molar-refractivity contribution is -0.144. The van der Waals surface area contributed by atoms with Crippen LogP contribution in [0.3, 0.4) is 0 Å². The molecule has 1 fully saturated rings. The molecule has 3 amide bonds. The zero-order valence-electron chi connectivity index (χ0n) is 17.8. The topological polar surface area (TPSA) is 108 Å². The van der Waals surface area contributed by atoms with Crippen molar-refractivity contribution in [3.05, 3.63) is 58.4 Å². The number of aliphatic carboxylic acids is 1. The molecule has 8 heteroatoms. The summed E-state index contributed by atoms with van der Waals surface area (Å²) < 4.78 is 13.9. The maximum absolute atomic E-state index is 13.9. The van der Waals surface area contributed by atoms with E-state index in [-0.39, 0.29) is 11.3 Å². The minimum absolute atomic E-state index is 0.0126. The van der Waals surface area contributed by atoms with Crippen molar-refractivity contribution < 1.29 is 23.9 Å². The number of carbonyl (C=O) groups is 3. The van der Waals surface area contributed by atoms with Gasteiger partial charge in [-0.05, 0) is 62.9 Å². The summed E-state index contributed by atoms with van der Waals surface area (Å²) in [7, 11) is 0. The van der Waals surface area contributed by atoms with Crippen molar-refractivity contribution in [2.24, 2.45) is 0 Å². The van der Waals surface area contributed by atoms with Gasteiger partial charge in [0.15, 0.2) is 0 Å². The van der Waals surface area contributed by atoms with Crippen LogP contribution >= 0.6 is 0 Å². The Morgan fingerprint density at radius 3 is 2.16 bits per heavy atom. The van der Waals surface area contributed by atoms with Gasteiger partial charge in [0, 0.05) is 5.69 Å². The summed E-state index contributed by atoms with van der Waals surface area (Å²) in [6, 6.07) is 6.57. The first-order chi connectivity index (χ1) is 14.6. The van der Waals surface area contributed by atoms with Crippen molar-refractivity contribution in [3.8, 4) is 0 Å². The summed E-state index contributed by atoms with van der Waals surface area (Å²) in [5.74, 6) is -2.41. The third kappa shape index (κ3) is 4.84. The summed E-state index contributed by atoms with van der Waals surface area (Å²) in [4.78, 5) is 37.2. The monoisotopic (exact) mass is 427 g/mol. The van der Waals surface area contributed by atoms with Gasteiger partial charge in [-0.3, -0.25) is 4.79 Å². The molecule has 7 nitrogen and oxygen atoms in total. The summed E-state index contributed by atoms with van der Waals surface area (Å²) in [5, 5.41) is 17.4. The first kappa shape index (κ1) is 22.3. The molecule has 2 aromatic rings. The SMILES string of the molecule is Cc1cc(C)c(NC(=O)Nc2cc(F)ccc2C(=O)NC2(C(=O)O)CCCC2)c(C)c1. The highest BCUT2D eigenvalue weighted by molar-refractivity contribution is 6.08. The molecule has 0 atom stereocenters. The van der Waals surface area contributed by atoms with Crippen LogP contribution in [-0.2, 0) is 4.79 Å². The van der Waals surface area contributed by atoms with Crippen LogP contribution in [0, 0.1) is 26.6 Å². The van der Waals surface area contributed by atoms with E-state index in [1.165, 1.54) is 6.07 Å². The minimum atomic E-state index is -1.35. The molecule has 3 rings (SSSR count). The fourth-order valence-corrected chi connectivity index (χ4v) is 4.12. The van der Waals surface area contributed by atoms with Gasteiger partial charge < -0.3 is 21.1 Å². The number of hydrogen-bond donors (Lipinski definition) is 4. The van der Waals surface area contributed by atoms with E-state index in [9.17, 15) is 23.9 Å². The lowest BCUT2D eigenvalue weighted by Gasteiger charge is -2.26. The minimum Gasteiger partial charge on any atom is -0.480 e. The third-order valence-electron chi connectivity index (χ3n) is 5.61. The number of carboxylic acids is 1. The Kier molecular flexibility index (Phi) is 6.29. The fourth-order valence-electron chi connectivity index (χ4n) is 4.12. The number of amides is 3. The van der Waals surface area contributed by atoms with Gasteiger partial charge in [0.05, 0.1) is 11.3 Å². The molecule has 0 bridgehead atoms. The van der Waals surface area contributed by atoms with Gasteiger partial charge in [-0.15, -0.1) is 0 Å². The van der Waals surface area contributed by atoms with E-state index >= 15 is 0 Å². The van der Waals surface area contributed by atoms with Crippen LogP contribution in [0.25, 0.3) is 0 Å². The molecule has 4 N–H and O–H groups in total. The number of halogens is 1. The molecule has 1 saturated carbocycles. The maximum Gasteiger partial charge on any atom is 0.329 e. The van der Waals surface area contributed by atoms with Crippen molar-refractivity contribution in [1.82, 2.24) is 5.32 Å². The van der Waals surface area contributed by atoms with Crippen LogP contribution in [0.5, 0.6) is 0 Å². The number of carboxylic acid groups (broad SMARTS) is 1. The second-order valence-corrected chi connectivity index (χ2v) is 8.09. The van der Waals surface area contributed by atoms with E-state index in [1.54, 1.807) is 0 Å². The van der Waals surface area contributed by atoms with Crippen molar-refractivity contribution in [2.75, 3.05) is 10.6 Å². The molecule has 164 valence electrons. The van der Waals surface area contributed by atoms with Gasteiger partial charge in [-0.2, -0.15) is 0 Å². The van der Waals surface area contributed by atoms with Gasteiger partial charge >= 0.3 is 12.0 Å². The molecular weight excluding hydrogens is 401 g/mol. The Morgan fingerprint density at radius 1 is 0.968 bits per heavy atom. The highest BCUT2D eigenvalue weighted by Crippen LogP contribution is 2.31. The van der Waals surface area contributed by atoms with Crippen LogP contribution in [0.4, 0.5) is 20.6 Å². The van der Waals surface area contributed by atoms with Gasteiger partial charge in [-0.25, -0.2) is 14.0 Å². The van der Waals surface area contributed by atoms with Crippen molar-refractivity contribution >= 4 is 29.3 Å². The Labute approximate surface area is 180 Å². The van der Waals surface area contributed by atoms with Crippen molar-refractivity contribution in [1.29, 1.82) is 0 Å². The Hall–Kier alpha value is -3.42. The maximum atomic E-state index is 13.9. The number of nitrogens with one attached hydrogen (secondary N) is 3. The molecule has 0 aliphatic heterocycles. The standard InChI is InChI=1S/C23H26FN3O4/c1-13-10-14(2)19(15(3)11-13)26-22(31)25-18-12-16(24)6-7-17(18)20(28)27-23(21(29)30)8-4-5-9-23/h6-7,10-12H,4-5,8-9H2,1-3H3,(H,27,28)(H,29,30)(H2,25,26,31). The molecule has 31 heavy (non-hydrogen) atoms. The zero-order chi connectivity index (χ0) is 22.8. The Balaban J connectivity index is 1.82. The average molecular weight is 427 g/mol. The van der Waals surface area contributed by atoms with Gasteiger partial charge in [0.2, 0.25) is 0 Å². The van der Waals surface area contributed by atoms with Crippen LogP contribution in [0.1, 0.15) is 52.7 Å². The first-order valence-corrected chi connectivity index (χ1v) is 10.1. The third-order valence-corrected chi connectivity index (χ3v) is 5.61. The molecule has 1 aliphatic rings. The van der Waals surface area contributed by atoms with E-state index in [4.69, 9.17) is 0 Å². The predicted molar refractivity (Wildman–Crippen MR) is 116 cm³/mol. The van der Waals surface area contributed by atoms with Crippen LogP contribution in [0.15, 0.2) is 30.3 Å². The molecular formula is C23H26FN3O4. The molecule has 2 aromatic carbocycles. The smallest absolute Gasteiger partial charge is 0.329 e. The molecule has 0 spiro atoms. The Morgan fingerprint density at radius 2 is 1.58 bits per heavy atom. The largest absolute Gasteiger partial charge is 0.480 e. The van der Waals surface area contributed by atoms with Gasteiger partial charge in [0.1, 0.15) is 11.4 Å². The van der Waals surface area contributed by atoms with Crippen LogP contribution < -0.4 is 16.0 Å². The van der Waals surface area contributed by atoms with Gasteiger partial charge in [0.25, 0.3) is 5.91 Å². The van der Waals surface area contributed by atoms with Gasteiger partial charge in [-0.1, -0.05) is 30.5 Å². The fraction of sp³-hybridized carbons (Fsp3) is 0.348. The summed E-state index contributed by atoms with van der Waals surface area (Å²) in [6.07, 6.45) is 2.03. The highest BCUT2D eigenvalue weighted by Gasteiger charge is 2.43. The van der Waals surface area contributed by atoms with E-state index < -0.39 is 29.3 Å². The number of rotatable bonds is 5. The van der Waals surface area contributed by atoms with Crippen molar-refractivity contribution in [3.63, 3.8) is 0 Å². The van der Waals surface area contributed by atoms with E-state index in [0.717, 1.165) is 28.8 Å². The Bertz CT molecular complexity index is 1020. The molecule has 0 unspecified atom stereocenters. The second kappa shape index (κ2) is 8.75. The molecule has 0 radical (unpaired) electrons. The summed E-state index contributed by atoms with van der Waals surface area (Å²) >= 11 is 0. The number of benzene rings is 2. The van der Waals surface area contributed by atoms with E-state index in [0.29, 0.717) is 31.4 Å². The molecule has 1 aliphatic carbocycles. The second-order valence-electron chi connectivity index (χ2n) is 8.09. The van der Waals surface area contributed by atoms with E-state index in [2.05, 4.69) is 16.0 Å². The van der Waals surface area contributed by atoms with E-state index in [1.807, 2.05) is 32.9 Å². The first-order valence-electron chi connectivity index (χ1n) is 10.1. The predicted octanol–water partition coefficient (Wildman–Crippen LogP) is 4.52. The zero-order valence-corrected chi connectivity index (χ0v) is 17.8. The quantitative estimate of drug-likeness (QED) is 0.563. The lowest BCUT2D eigenvalue weighted by atomic mass is 9.97. The van der Waals surface area contributed by atoms with Crippen LogP contribution in [0.2, 0.25) is 0 Å². The number of aryl methyl sites for hydroxylation is 3.